The van der Waals surface area contributed by atoms with Gasteiger partial charge in [-0.2, -0.15) is 9.50 Å². The third-order valence-corrected chi connectivity index (χ3v) is 2.91. The maximum absolute atomic E-state index is 5.05. The van der Waals surface area contributed by atoms with Crippen LogP contribution in [-0.2, 0) is 11.3 Å². The van der Waals surface area contributed by atoms with E-state index in [0.717, 1.165) is 11.3 Å². The summed E-state index contributed by atoms with van der Waals surface area (Å²) < 4.78 is 6.80. The summed E-state index contributed by atoms with van der Waals surface area (Å²) >= 11 is 0. The van der Waals surface area contributed by atoms with Gasteiger partial charge in [-0.1, -0.05) is 29.8 Å². The first-order chi connectivity index (χ1) is 9.28. The second-order valence-electron chi connectivity index (χ2n) is 4.37. The van der Waals surface area contributed by atoms with Crippen LogP contribution in [0.5, 0.6) is 0 Å². The molecule has 0 aliphatic rings. The van der Waals surface area contributed by atoms with Gasteiger partial charge in [-0.3, -0.25) is 0 Å². The van der Waals surface area contributed by atoms with Crippen LogP contribution in [0.1, 0.15) is 11.4 Å². The van der Waals surface area contributed by atoms with Gasteiger partial charge < -0.3 is 4.74 Å². The van der Waals surface area contributed by atoms with Gasteiger partial charge in [0, 0.05) is 18.9 Å². The summed E-state index contributed by atoms with van der Waals surface area (Å²) in [5, 5.41) is 4.42. The zero-order valence-corrected chi connectivity index (χ0v) is 10.9. The Morgan fingerprint density at radius 3 is 2.68 bits per heavy atom. The highest BCUT2D eigenvalue weighted by atomic mass is 16.5. The summed E-state index contributed by atoms with van der Waals surface area (Å²) in [5.41, 5.74) is 3.29. The number of fused-ring (bicyclic) bond motifs is 1. The van der Waals surface area contributed by atoms with Gasteiger partial charge in [0.25, 0.3) is 5.78 Å². The first-order valence-corrected chi connectivity index (χ1v) is 6.04. The summed E-state index contributed by atoms with van der Waals surface area (Å²) in [4.78, 5) is 8.54. The molecule has 2 aromatic heterocycles. The minimum Gasteiger partial charge on any atom is -0.377 e. The SMILES string of the molecule is COCc1nc2nccc(-c3ccc(C)cc3)n2n1. The molecule has 0 bridgehead atoms. The van der Waals surface area contributed by atoms with Crippen molar-refractivity contribution < 1.29 is 4.74 Å². The largest absolute Gasteiger partial charge is 0.377 e. The zero-order valence-electron chi connectivity index (χ0n) is 10.9. The second kappa shape index (κ2) is 4.78. The van der Waals surface area contributed by atoms with Crippen LogP contribution in [0, 0.1) is 6.92 Å². The molecule has 0 amide bonds. The summed E-state index contributed by atoms with van der Waals surface area (Å²) in [7, 11) is 1.63. The third kappa shape index (κ3) is 2.20. The predicted octanol–water partition coefficient (Wildman–Crippen LogP) is 2.25. The lowest BCUT2D eigenvalue weighted by molar-refractivity contribution is 0.178. The molecule has 3 aromatic rings. The van der Waals surface area contributed by atoms with Crippen molar-refractivity contribution in [2.24, 2.45) is 0 Å². The van der Waals surface area contributed by atoms with Gasteiger partial charge >= 0.3 is 0 Å². The van der Waals surface area contributed by atoms with Crippen LogP contribution in [0.15, 0.2) is 36.5 Å². The van der Waals surface area contributed by atoms with E-state index in [1.165, 1.54) is 5.56 Å². The third-order valence-electron chi connectivity index (χ3n) is 2.91. The summed E-state index contributed by atoms with van der Waals surface area (Å²) in [6, 6.07) is 10.2. The van der Waals surface area contributed by atoms with Crippen LogP contribution in [0.25, 0.3) is 17.0 Å². The molecule has 19 heavy (non-hydrogen) atoms. The van der Waals surface area contributed by atoms with E-state index in [0.29, 0.717) is 18.2 Å². The van der Waals surface area contributed by atoms with Gasteiger partial charge in [0.15, 0.2) is 5.82 Å². The lowest BCUT2D eigenvalue weighted by Crippen LogP contribution is -1.96. The number of aromatic nitrogens is 4. The Morgan fingerprint density at radius 1 is 1.16 bits per heavy atom. The van der Waals surface area contributed by atoms with Gasteiger partial charge in [0.05, 0.1) is 5.69 Å². The molecular weight excluding hydrogens is 240 g/mol. The van der Waals surface area contributed by atoms with Crippen molar-refractivity contribution in [1.29, 1.82) is 0 Å². The molecule has 0 spiro atoms. The van der Waals surface area contributed by atoms with Crippen molar-refractivity contribution in [2.45, 2.75) is 13.5 Å². The Morgan fingerprint density at radius 2 is 1.95 bits per heavy atom. The molecule has 1 aromatic carbocycles. The van der Waals surface area contributed by atoms with Crippen LogP contribution in [0.3, 0.4) is 0 Å². The topological polar surface area (TPSA) is 52.3 Å². The number of aryl methyl sites for hydroxylation is 1. The lowest BCUT2D eigenvalue weighted by Gasteiger charge is -2.03. The highest BCUT2D eigenvalue weighted by Gasteiger charge is 2.09. The van der Waals surface area contributed by atoms with Crippen molar-refractivity contribution >= 4 is 5.78 Å². The van der Waals surface area contributed by atoms with Crippen molar-refractivity contribution in [3.05, 3.63) is 47.9 Å². The van der Waals surface area contributed by atoms with Gasteiger partial charge in [-0.25, -0.2) is 4.98 Å². The average Bonchev–Trinajstić information content (AvgIpc) is 2.82. The minimum absolute atomic E-state index is 0.386. The lowest BCUT2D eigenvalue weighted by atomic mass is 10.1. The van der Waals surface area contributed by atoms with Gasteiger partial charge in [0.1, 0.15) is 6.61 Å². The molecule has 0 saturated carbocycles. The summed E-state index contributed by atoms with van der Waals surface area (Å²) in [6.45, 7) is 2.45. The maximum atomic E-state index is 5.05. The Bertz CT molecular complexity index is 703. The standard InChI is InChI=1S/C14H14N4O/c1-10-3-5-11(6-4-10)12-7-8-15-14-16-13(9-19-2)17-18(12)14/h3-8H,9H2,1-2H3. The molecule has 0 unspecified atom stereocenters. The molecule has 0 N–H and O–H groups in total. The van der Waals surface area contributed by atoms with Crippen LogP contribution in [0.2, 0.25) is 0 Å². The van der Waals surface area contributed by atoms with Crippen LogP contribution in [-0.4, -0.2) is 26.7 Å². The first kappa shape index (κ1) is 11.8. The number of hydrogen-bond acceptors (Lipinski definition) is 4. The highest BCUT2D eigenvalue weighted by molar-refractivity contribution is 5.61. The van der Waals surface area contributed by atoms with E-state index in [1.807, 2.05) is 6.07 Å². The molecule has 0 aliphatic heterocycles. The predicted molar refractivity (Wildman–Crippen MR) is 71.7 cm³/mol. The zero-order chi connectivity index (χ0) is 13.2. The van der Waals surface area contributed by atoms with E-state index < -0.39 is 0 Å². The van der Waals surface area contributed by atoms with Crippen molar-refractivity contribution in [3.63, 3.8) is 0 Å². The Labute approximate surface area is 110 Å². The molecule has 3 rings (SSSR count). The first-order valence-electron chi connectivity index (χ1n) is 6.04. The van der Waals surface area contributed by atoms with Crippen LogP contribution in [0.4, 0.5) is 0 Å². The molecule has 0 saturated heterocycles. The van der Waals surface area contributed by atoms with E-state index in [2.05, 4.69) is 46.3 Å². The maximum Gasteiger partial charge on any atom is 0.253 e. The smallest absolute Gasteiger partial charge is 0.253 e. The minimum atomic E-state index is 0.386. The van der Waals surface area contributed by atoms with E-state index in [4.69, 9.17) is 4.74 Å². The molecule has 2 heterocycles. The molecule has 0 atom stereocenters. The van der Waals surface area contributed by atoms with E-state index in [1.54, 1.807) is 17.8 Å². The molecule has 96 valence electrons. The number of rotatable bonds is 3. The highest BCUT2D eigenvalue weighted by Crippen LogP contribution is 2.19. The van der Waals surface area contributed by atoms with Gasteiger partial charge in [-0.15, -0.1) is 5.10 Å². The van der Waals surface area contributed by atoms with E-state index >= 15 is 0 Å². The fourth-order valence-electron chi connectivity index (χ4n) is 1.97. The molecule has 0 fully saturated rings. The van der Waals surface area contributed by atoms with Crippen molar-refractivity contribution in [3.8, 4) is 11.3 Å². The van der Waals surface area contributed by atoms with Crippen LogP contribution >= 0.6 is 0 Å². The Kier molecular flexibility index (Phi) is 2.97. The molecule has 0 aliphatic carbocycles. The monoisotopic (exact) mass is 254 g/mol. The van der Waals surface area contributed by atoms with Gasteiger partial charge in [0.2, 0.25) is 0 Å². The number of nitrogens with zero attached hydrogens (tertiary/aromatic N) is 4. The molecule has 5 nitrogen and oxygen atoms in total. The summed E-state index contributed by atoms with van der Waals surface area (Å²) in [6.07, 6.45) is 1.75. The van der Waals surface area contributed by atoms with Gasteiger partial charge in [-0.05, 0) is 13.0 Å². The molecule has 0 radical (unpaired) electrons. The second-order valence-corrected chi connectivity index (χ2v) is 4.37. The molecule has 5 heteroatoms. The fourth-order valence-corrected chi connectivity index (χ4v) is 1.97. The Balaban J connectivity index is 2.15. The van der Waals surface area contributed by atoms with E-state index in [-0.39, 0.29) is 0 Å². The molecular formula is C14H14N4O. The fraction of sp³-hybridized carbons (Fsp3) is 0.214. The Hall–Kier alpha value is -2.27. The number of ether oxygens (including phenoxy) is 1. The number of benzene rings is 1. The summed E-state index contributed by atoms with van der Waals surface area (Å²) in [5.74, 6) is 1.22. The quantitative estimate of drug-likeness (QED) is 0.719. The van der Waals surface area contributed by atoms with E-state index in [9.17, 15) is 0 Å². The van der Waals surface area contributed by atoms with Crippen LogP contribution < -0.4 is 0 Å². The number of methoxy groups -OCH3 is 1. The van der Waals surface area contributed by atoms with Crippen molar-refractivity contribution in [2.75, 3.05) is 7.11 Å². The normalized spacial score (nSPS) is 11.1. The number of hydrogen-bond donors (Lipinski definition) is 0. The van der Waals surface area contributed by atoms with Crippen molar-refractivity contribution in [1.82, 2.24) is 19.6 Å². The average molecular weight is 254 g/mol.